The predicted octanol–water partition coefficient (Wildman–Crippen LogP) is 7.11. The Morgan fingerprint density at radius 2 is 1.79 bits per heavy atom. The molecule has 1 N–H and O–H groups in total. The first-order chi connectivity index (χ1) is 16.5. The summed E-state index contributed by atoms with van der Waals surface area (Å²) < 4.78 is 11.7. The Morgan fingerprint density at radius 3 is 2.35 bits per heavy atom. The second-order valence-corrected chi connectivity index (χ2v) is 11.0. The lowest BCUT2D eigenvalue weighted by Crippen LogP contribution is -2.62. The smallest absolute Gasteiger partial charge is 0.0758 e. The minimum absolute atomic E-state index is 0.132. The second-order valence-electron chi connectivity index (χ2n) is 11.0. The number of hydrogen-bond acceptors (Lipinski definition) is 3. The molecule has 0 bridgehead atoms. The van der Waals surface area contributed by atoms with Crippen molar-refractivity contribution in [1.82, 2.24) is 0 Å². The fourth-order valence-corrected chi connectivity index (χ4v) is 6.16. The summed E-state index contributed by atoms with van der Waals surface area (Å²) in [5.41, 5.74) is 3.05. The molecular weight excluding hydrogens is 420 g/mol. The van der Waals surface area contributed by atoms with E-state index in [0.717, 1.165) is 63.7 Å². The summed E-state index contributed by atoms with van der Waals surface area (Å²) in [7, 11) is 1.81. The molecule has 3 unspecified atom stereocenters. The van der Waals surface area contributed by atoms with E-state index < -0.39 is 0 Å². The number of ether oxygens (including phenoxy) is 2. The minimum atomic E-state index is 0.132. The minimum Gasteiger partial charge on any atom is -0.396 e. The zero-order chi connectivity index (χ0) is 24.4. The van der Waals surface area contributed by atoms with Crippen molar-refractivity contribution < 1.29 is 14.6 Å². The van der Waals surface area contributed by atoms with Crippen molar-refractivity contribution >= 4 is 0 Å². The van der Waals surface area contributed by atoms with Gasteiger partial charge in [-0.3, -0.25) is 0 Å². The first-order valence-electron chi connectivity index (χ1n) is 13.9. The molecule has 3 atom stereocenters. The predicted molar refractivity (Wildman–Crippen MR) is 141 cm³/mol. The number of benzene rings is 1. The van der Waals surface area contributed by atoms with Crippen LogP contribution in [0.2, 0.25) is 0 Å². The third kappa shape index (κ3) is 6.45. The Kier molecular flexibility index (Phi) is 10.5. The molecular formula is C31H48O3. The maximum atomic E-state index is 9.04. The van der Waals surface area contributed by atoms with Gasteiger partial charge in [0.05, 0.1) is 12.2 Å². The van der Waals surface area contributed by atoms with Gasteiger partial charge in [0.25, 0.3) is 0 Å². The molecule has 1 saturated heterocycles. The Labute approximate surface area is 209 Å². The van der Waals surface area contributed by atoms with Crippen molar-refractivity contribution in [2.75, 3.05) is 26.9 Å². The van der Waals surface area contributed by atoms with Crippen LogP contribution in [0.3, 0.4) is 0 Å². The SMILES string of the molecule is CCC(COC)C(CCCCCCO)c1ccc(C#CC2CCC3(CC2)OCC3(C)CC)cc1. The summed E-state index contributed by atoms with van der Waals surface area (Å²) in [6.07, 6.45) is 12.6. The van der Waals surface area contributed by atoms with E-state index in [1.54, 1.807) is 0 Å². The molecule has 34 heavy (non-hydrogen) atoms. The first-order valence-corrected chi connectivity index (χ1v) is 13.9. The molecule has 1 aliphatic carbocycles. The first kappa shape index (κ1) is 27.3. The van der Waals surface area contributed by atoms with Gasteiger partial charge in [-0.1, -0.05) is 70.4 Å². The van der Waals surface area contributed by atoms with E-state index in [0.29, 0.717) is 29.8 Å². The van der Waals surface area contributed by atoms with Crippen molar-refractivity contribution in [3.8, 4) is 11.8 Å². The average molecular weight is 469 g/mol. The monoisotopic (exact) mass is 468 g/mol. The molecule has 1 aliphatic heterocycles. The highest BCUT2D eigenvalue weighted by atomic mass is 16.5. The van der Waals surface area contributed by atoms with Gasteiger partial charge >= 0.3 is 0 Å². The lowest BCUT2D eigenvalue weighted by Gasteiger charge is -2.59. The highest BCUT2D eigenvalue weighted by Crippen LogP contribution is 2.55. The van der Waals surface area contributed by atoms with Crippen LogP contribution < -0.4 is 0 Å². The highest BCUT2D eigenvalue weighted by molar-refractivity contribution is 5.38. The molecule has 1 aromatic carbocycles. The Morgan fingerprint density at radius 1 is 1.09 bits per heavy atom. The maximum absolute atomic E-state index is 9.04. The van der Waals surface area contributed by atoms with Crippen LogP contribution in [0.4, 0.5) is 0 Å². The van der Waals surface area contributed by atoms with Gasteiger partial charge in [0, 0.05) is 37.2 Å². The van der Waals surface area contributed by atoms with Gasteiger partial charge in [-0.15, -0.1) is 0 Å². The molecule has 3 heteroatoms. The quantitative estimate of drug-likeness (QED) is 0.262. The molecule has 0 amide bonds. The van der Waals surface area contributed by atoms with E-state index in [1.165, 1.54) is 31.2 Å². The normalized spacial score (nSPS) is 28.1. The van der Waals surface area contributed by atoms with Gasteiger partial charge in [-0.2, -0.15) is 0 Å². The fraction of sp³-hybridized carbons (Fsp3) is 0.742. The van der Waals surface area contributed by atoms with Crippen LogP contribution >= 0.6 is 0 Å². The van der Waals surface area contributed by atoms with Gasteiger partial charge < -0.3 is 14.6 Å². The zero-order valence-corrected chi connectivity index (χ0v) is 22.2. The van der Waals surface area contributed by atoms with Crippen LogP contribution in [0.1, 0.15) is 108 Å². The second kappa shape index (κ2) is 13.1. The van der Waals surface area contributed by atoms with E-state index in [9.17, 15) is 0 Å². The van der Waals surface area contributed by atoms with E-state index in [-0.39, 0.29) is 5.60 Å². The topological polar surface area (TPSA) is 38.7 Å². The van der Waals surface area contributed by atoms with E-state index in [4.69, 9.17) is 14.6 Å². The van der Waals surface area contributed by atoms with Crippen molar-refractivity contribution in [3.05, 3.63) is 35.4 Å². The van der Waals surface area contributed by atoms with Crippen LogP contribution in [0, 0.1) is 29.1 Å². The summed E-state index contributed by atoms with van der Waals surface area (Å²) >= 11 is 0. The molecule has 2 fully saturated rings. The van der Waals surface area contributed by atoms with Crippen LogP contribution in [0.15, 0.2) is 24.3 Å². The van der Waals surface area contributed by atoms with Crippen LogP contribution in [0.5, 0.6) is 0 Å². The average Bonchev–Trinajstić information content (AvgIpc) is 2.88. The van der Waals surface area contributed by atoms with Crippen LogP contribution in [-0.2, 0) is 9.47 Å². The molecule has 1 spiro atoms. The van der Waals surface area contributed by atoms with Crippen molar-refractivity contribution in [2.45, 2.75) is 103 Å². The van der Waals surface area contributed by atoms with Gasteiger partial charge in [0.1, 0.15) is 0 Å². The van der Waals surface area contributed by atoms with Gasteiger partial charge in [-0.25, -0.2) is 0 Å². The Balaban J connectivity index is 1.58. The summed E-state index contributed by atoms with van der Waals surface area (Å²) in [6, 6.07) is 9.03. The van der Waals surface area contributed by atoms with E-state index in [1.807, 2.05) is 7.11 Å². The van der Waals surface area contributed by atoms with E-state index >= 15 is 0 Å². The third-order valence-electron chi connectivity index (χ3n) is 9.00. The Bertz CT molecular complexity index is 777. The zero-order valence-electron chi connectivity index (χ0n) is 22.2. The van der Waals surface area contributed by atoms with Gasteiger partial charge in [-0.05, 0) is 74.5 Å². The summed E-state index contributed by atoms with van der Waals surface area (Å²) in [5, 5.41) is 9.04. The molecule has 2 aliphatic rings. The van der Waals surface area contributed by atoms with Crippen molar-refractivity contribution in [1.29, 1.82) is 0 Å². The molecule has 0 aromatic heterocycles. The van der Waals surface area contributed by atoms with E-state index in [2.05, 4.69) is 56.9 Å². The number of aliphatic hydroxyl groups excluding tert-OH is 1. The molecule has 3 nitrogen and oxygen atoms in total. The Hall–Kier alpha value is -1.34. The van der Waals surface area contributed by atoms with Crippen LogP contribution in [-0.4, -0.2) is 37.6 Å². The standard InChI is InChI=1S/C31H48O3/c1-5-27(23-33-4)29(11-9-7-8-10-22-32)28-16-14-25(15-17-28)12-13-26-18-20-31(21-19-26)30(3,6-2)24-34-31/h14-17,26-27,29,32H,5-11,18-24H2,1-4H3. The summed E-state index contributed by atoms with van der Waals surface area (Å²) in [4.78, 5) is 0. The molecule has 190 valence electrons. The number of rotatable bonds is 12. The van der Waals surface area contributed by atoms with Gasteiger partial charge in [0.2, 0.25) is 0 Å². The largest absolute Gasteiger partial charge is 0.396 e. The number of methoxy groups -OCH3 is 1. The number of aliphatic hydroxyl groups is 1. The maximum Gasteiger partial charge on any atom is 0.0758 e. The van der Waals surface area contributed by atoms with Gasteiger partial charge in [0.15, 0.2) is 0 Å². The molecule has 1 saturated carbocycles. The molecule has 1 heterocycles. The molecule has 0 radical (unpaired) electrons. The number of unbranched alkanes of at least 4 members (excludes halogenated alkanes) is 3. The van der Waals surface area contributed by atoms with Crippen LogP contribution in [0.25, 0.3) is 0 Å². The highest BCUT2D eigenvalue weighted by Gasteiger charge is 2.57. The number of hydrogen-bond donors (Lipinski definition) is 1. The summed E-state index contributed by atoms with van der Waals surface area (Å²) in [6.45, 7) is 9.03. The lowest BCUT2D eigenvalue weighted by atomic mass is 9.60. The molecule has 3 rings (SSSR count). The fourth-order valence-electron chi connectivity index (χ4n) is 6.16. The van der Waals surface area contributed by atoms with Crippen molar-refractivity contribution in [3.63, 3.8) is 0 Å². The third-order valence-corrected chi connectivity index (χ3v) is 9.00. The summed E-state index contributed by atoms with van der Waals surface area (Å²) in [5.74, 6) is 8.61. The lowest BCUT2D eigenvalue weighted by molar-refractivity contribution is -0.276. The molecule has 1 aromatic rings. The van der Waals surface area contributed by atoms with Crippen molar-refractivity contribution in [2.24, 2.45) is 17.3 Å².